The van der Waals surface area contributed by atoms with E-state index in [4.69, 9.17) is 25.7 Å². The van der Waals surface area contributed by atoms with E-state index in [0.29, 0.717) is 6.42 Å². The van der Waals surface area contributed by atoms with E-state index in [-0.39, 0.29) is 6.42 Å². The molecule has 8 nitrogen and oxygen atoms in total. The van der Waals surface area contributed by atoms with Gasteiger partial charge in [0.1, 0.15) is 6.61 Å². The Morgan fingerprint density at radius 2 is 1.33 bits per heavy atom. The lowest BCUT2D eigenvalue weighted by atomic mass is 10.1. The Morgan fingerprint density at radius 3 is 1.89 bits per heavy atom. The largest absolute Gasteiger partial charge is 0.469 e. The smallest absolute Gasteiger partial charge is 0.456 e. The van der Waals surface area contributed by atoms with Crippen molar-refractivity contribution in [2.45, 2.75) is 70.8 Å². The molecule has 2 N–H and O–H groups in total. The lowest BCUT2D eigenvalue weighted by Crippen LogP contribution is -2.29. The fourth-order valence-corrected chi connectivity index (χ4v) is 2.85. The fraction of sp³-hybridized carbons (Fsp3) is 0.481. The number of unbranched alkanes of at least 4 members (excludes halogenated alkanes) is 7. The zero-order valence-electron chi connectivity index (χ0n) is 20.2. The van der Waals surface area contributed by atoms with Crippen LogP contribution in [-0.2, 0) is 28.2 Å². The van der Waals surface area contributed by atoms with Crippen LogP contribution in [0.3, 0.4) is 0 Å². The molecule has 190 valence electrons. The highest BCUT2D eigenvalue weighted by Gasteiger charge is 2.22. The number of ether oxygens (including phenoxy) is 2. The van der Waals surface area contributed by atoms with E-state index >= 15 is 0 Å². The summed E-state index contributed by atoms with van der Waals surface area (Å²) in [6, 6.07) is 0. The van der Waals surface area contributed by atoms with E-state index in [2.05, 4.69) is 76.6 Å². The fourth-order valence-electron chi connectivity index (χ4n) is 2.49. The average Bonchev–Trinajstić information content (AvgIpc) is 2.83. The van der Waals surface area contributed by atoms with Crippen molar-refractivity contribution < 1.29 is 37.9 Å². The minimum Gasteiger partial charge on any atom is -0.456 e. The normalized spacial score (nSPS) is 9.94. The van der Waals surface area contributed by atoms with Crippen LogP contribution in [0, 0.1) is 71.5 Å². The number of hydrogen-bond donors (Lipinski definition) is 2. The predicted octanol–water partition coefficient (Wildman–Crippen LogP) is 2.73. The van der Waals surface area contributed by atoms with Gasteiger partial charge in [0.15, 0.2) is 6.10 Å². The summed E-state index contributed by atoms with van der Waals surface area (Å²) in [7, 11) is -4.81. The highest BCUT2D eigenvalue weighted by Crippen LogP contribution is 2.35. The number of carbonyl (C=O) groups excluding carboxylic acids is 2. The third-order valence-corrected chi connectivity index (χ3v) is 4.58. The van der Waals surface area contributed by atoms with E-state index < -0.39 is 39.1 Å². The molecule has 9 heteroatoms. The van der Waals surface area contributed by atoms with Gasteiger partial charge in [-0.3, -0.25) is 9.32 Å². The van der Waals surface area contributed by atoms with Crippen molar-refractivity contribution in [2.75, 3.05) is 13.2 Å². The first-order valence-corrected chi connectivity index (χ1v) is 12.8. The summed E-state index contributed by atoms with van der Waals surface area (Å²) < 4.78 is 25.4. The number of hydrogen-bond acceptors (Lipinski definition) is 6. The van der Waals surface area contributed by atoms with E-state index in [1.807, 2.05) is 0 Å². The van der Waals surface area contributed by atoms with Crippen molar-refractivity contribution in [2.24, 2.45) is 0 Å². The number of phosphoric ester groups is 1. The number of phosphoric acid groups is 1. The van der Waals surface area contributed by atoms with Crippen LogP contribution in [0.5, 0.6) is 0 Å². The van der Waals surface area contributed by atoms with Crippen LogP contribution in [0.4, 0.5) is 0 Å². The lowest BCUT2D eigenvalue weighted by molar-refractivity contribution is -0.158. The van der Waals surface area contributed by atoms with Gasteiger partial charge in [-0.1, -0.05) is 51.9 Å². The van der Waals surface area contributed by atoms with Gasteiger partial charge in [0, 0.05) is 12.3 Å². The molecule has 0 aromatic heterocycles. The van der Waals surface area contributed by atoms with E-state index in [9.17, 15) is 14.2 Å². The molecule has 0 aliphatic carbocycles. The Labute approximate surface area is 213 Å². The summed E-state index contributed by atoms with van der Waals surface area (Å²) in [5.74, 6) is 23.6. The highest BCUT2D eigenvalue weighted by molar-refractivity contribution is 7.46. The van der Waals surface area contributed by atoms with Crippen molar-refractivity contribution in [1.29, 1.82) is 0 Å². The molecule has 0 aromatic rings. The topological polar surface area (TPSA) is 119 Å². The van der Waals surface area contributed by atoms with Gasteiger partial charge in [0.05, 0.1) is 6.61 Å². The molecule has 0 spiro atoms. The van der Waals surface area contributed by atoms with Crippen LogP contribution >= 0.6 is 7.82 Å². The second-order valence-corrected chi connectivity index (χ2v) is 8.36. The van der Waals surface area contributed by atoms with Crippen molar-refractivity contribution in [3.63, 3.8) is 0 Å². The Balaban J connectivity index is 4.57. The molecule has 0 radical (unpaired) electrons. The SMILES string of the molecule is C#CC#CC#CC#CC#CC#CC(=O)OC[C@H](COP(=O)(O)O)OC(=O)CCCCCCCCCC. The maximum Gasteiger partial charge on any atom is 0.469 e. The van der Waals surface area contributed by atoms with Crippen molar-refractivity contribution in [1.82, 2.24) is 0 Å². The molecule has 0 amide bonds. The summed E-state index contributed by atoms with van der Waals surface area (Å²) in [4.78, 5) is 41.6. The Morgan fingerprint density at radius 1 is 0.806 bits per heavy atom. The minimum absolute atomic E-state index is 0.132. The zero-order chi connectivity index (χ0) is 26.9. The molecule has 0 saturated heterocycles. The number of esters is 2. The predicted molar refractivity (Wildman–Crippen MR) is 134 cm³/mol. The van der Waals surface area contributed by atoms with Gasteiger partial charge < -0.3 is 19.3 Å². The molecule has 0 bridgehead atoms. The number of terminal acetylenes is 1. The summed E-state index contributed by atoms with van der Waals surface area (Å²) in [5.41, 5.74) is 0. The minimum atomic E-state index is -4.81. The molecule has 0 unspecified atom stereocenters. The van der Waals surface area contributed by atoms with Gasteiger partial charge in [0.2, 0.25) is 0 Å². The van der Waals surface area contributed by atoms with Gasteiger partial charge in [0.25, 0.3) is 0 Å². The van der Waals surface area contributed by atoms with E-state index in [0.717, 1.165) is 19.3 Å². The molecule has 0 saturated carbocycles. The van der Waals surface area contributed by atoms with Crippen LogP contribution in [-0.4, -0.2) is 41.0 Å². The molecule has 0 fully saturated rings. The summed E-state index contributed by atoms with van der Waals surface area (Å²) in [6.07, 6.45) is 12.2. The van der Waals surface area contributed by atoms with Gasteiger partial charge in [-0.2, -0.15) is 0 Å². The van der Waals surface area contributed by atoms with Crippen molar-refractivity contribution in [3.05, 3.63) is 0 Å². The molecule has 1 atom stereocenters. The van der Waals surface area contributed by atoms with Crippen LogP contribution in [0.25, 0.3) is 0 Å². The standard InChI is InChI=1S/C27H29O8P/c1-3-5-7-9-11-13-14-16-17-19-21-26(28)33-23-25(24-34-36(30,31)32)35-27(29)22-20-18-15-12-10-8-6-4-2/h1,25H,4,6,8,10,12,15,18,20,22-24H2,2H3,(H2,30,31,32)/t25-/m1/s1. The summed E-state index contributed by atoms with van der Waals surface area (Å²) in [6.45, 7) is 0.999. The molecule has 0 aliphatic heterocycles. The number of rotatable bonds is 15. The third kappa shape index (κ3) is 23.6. The maximum absolute atomic E-state index is 12.1. The molecule has 36 heavy (non-hydrogen) atoms. The first-order valence-electron chi connectivity index (χ1n) is 11.3. The lowest BCUT2D eigenvalue weighted by Gasteiger charge is -2.17. The first-order chi connectivity index (χ1) is 17.3. The van der Waals surface area contributed by atoms with Crippen LogP contribution < -0.4 is 0 Å². The third-order valence-electron chi connectivity index (χ3n) is 4.10. The summed E-state index contributed by atoms with van der Waals surface area (Å²) in [5, 5.41) is 0. The van der Waals surface area contributed by atoms with Gasteiger partial charge in [-0.05, 0) is 65.6 Å². The zero-order valence-corrected chi connectivity index (χ0v) is 21.1. The van der Waals surface area contributed by atoms with Crippen LogP contribution in [0.1, 0.15) is 64.7 Å². The second-order valence-electron chi connectivity index (χ2n) is 7.12. The Hall–Kier alpha value is -3.59. The number of carbonyl (C=O) groups is 2. The molecular weight excluding hydrogens is 483 g/mol. The molecular formula is C27H29O8P. The average molecular weight is 512 g/mol. The highest BCUT2D eigenvalue weighted by atomic mass is 31.2. The summed E-state index contributed by atoms with van der Waals surface area (Å²) >= 11 is 0. The van der Waals surface area contributed by atoms with E-state index in [1.54, 1.807) is 0 Å². The molecule has 0 aliphatic rings. The Kier molecular flexibility index (Phi) is 19.7. The van der Waals surface area contributed by atoms with Crippen molar-refractivity contribution in [3.8, 4) is 71.5 Å². The van der Waals surface area contributed by atoms with Crippen LogP contribution in [0.2, 0.25) is 0 Å². The van der Waals surface area contributed by atoms with Crippen LogP contribution in [0.15, 0.2) is 0 Å². The molecule has 0 aromatic carbocycles. The van der Waals surface area contributed by atoms with Gasteiger partial charge >= 0.3 is 19.8 Å². The van der Waals surface area contributed by atoms with E-state index in [1.165, 1.54) is 25.7 Å². The maximum atomic E-state index is 12.1. The Bertz CT molecular complexity index is 1100. The first kappa shape index (κ1) is 32.4. The molecule has 0 heterocycles. The quantitative estimate of drug-likeness (QED) is 0.113. The monoisotopic (exact) mass is 512 g/mol. The second kappa shape index (κ2) is 21.9. The van der Waals surface area contributed by atoms with Crippen molar-refractivity contribution >= 4 is 19.8 Å². The van der Waals surface area contributed by atoms with Gasteiger partial charge in [-0.15, -0.1) is 6.42 Å². The molecule has 0 rings (SSSR count). The van der Waals surface area contributed by atoms with Gasteiger partial charge in [-0.25, -0.2) is 9.36 Å².